The Morgan fingerprint density at radius 2 is 1.71 bits per heavy atom. The van der Waals surface area contributed by atoms with Crippen LogP contribution in [0.25, 0.3) is 0 Å². The van der Waals surface area contributed by atoms with Crippen LogP contribution in [0.4, 0.5) is 0 Å². The van der Waals surface area contributed by atoms with Crippen LogP contribution in [0.5, 0.6) is 5.75 Å². The molecule has 0 radical (unpaired) electrons. The van der Waals surface area contributed by atoms with Gasteiger partial charge in [-0.3, -0.25) is 0 Å². The van der Waals surface area contributed by atoms with E-state index in [1.807, 2.05) is 38.2 Å². The highest BCUT2D eigenvalue weighted by molar-refractivity contribution is 6.35. The number of halogens is 3. The van der Waals surface area contributed by atoms with Crippen molar-refractivity contribution in [2.24, 2.45) is 0 Å². The summed E-state index contributed by atoms with van der Waals surface area (Å²) in [6.45, 7) is 1.99. The Morgan fingerprint density at radius 1 is 1.00 bits per heavy atom. The Labute approximate surface area is 140 Å². The van der Waals surface area contributed by atoms with E-state index >= 15 is 0 Å². The molecule has 1 N–H and O–H groups in total. The lowest BCUT2D eigenvalue weighted by Gasteiger charge is -2.22. The first-order chi connectivity index (χ1) is 9.99. The van der Waals surface area contributed by atoms with Crippen LogP contribution < -0.4 is 10.1 Å². The number of hydrogen-bond acceptors (Lipinski definition) is 2. The van der Waals surface area contributed by atoms with E-state index in [0.29, 0.717) is 15.8 Å². The summed E-state index contributed by atoms with van der Waals surface area (Å²) < 4.78 is 5.18. The maximum atomic E-state index is 6.38. The minimum absolute atomic E-state index is 0.0976. The maximum absolute atomic E-state index is 6.38. The van der Waals surface area contributed by atoms with E-state index in [2.05, 4.69) is 5.32 Å². The second-order valence-corrected chi connectivity index (χ2v) is 5.91. The van der Waals surface area contributed by atoms with Crippen LogP contribution in [-0.4, -0.2) is 14.2 Å². The Hall–Kier alpha value is -0.930. The van der Waals surface area contributed by atoms with Gasteiger partial charge in [-0.1, -0.05) is 46.9 Å². The zero-order chi connectivity index (χ0) is 15.6. The van der Waals surface area contributed by atoms with Gasteiger partial charge in [0, 0.05) is 16.1 Å². The Morgan fingerprint density at radius 3 is 2.33 bits per heavy atom. The van der Waals surface area contributed by atoms with Crippen molar-refractivity contribution in [3.63, 3.8) is 0 Å². The minimum Gasteiger partial charge on any atom is -0.495 e. The van der Waals surface area contributed by atoms with Gasteiger partial charge in [0.2, 0.25) is 0 Å². The van der Waals surface area contributed by atoms with E-state index in [-0.39, 0.29) is 6.04 Å². The lowest BCUT2D eigenvalue weighted by Crippen LogP contribution is -2.19. The van der Waals surface area contributed by atoms with E-state index in [9.17, 15) is 0 Å². The number of rotatable bonds is 4. The van der Waals surface area contributed by atoms with Gasteiger partial charge < -0.3 is 10.1 Å². The summed E-state index contributed by atoms with van der Waals surface area (Å²) in [5.74, 6) is 0.558. The first-order valence-corrected chi connectivity index (χ1v) is 7.58. The van der Waals surface area contributed by atoms with Gasteiger partial charge in [0.1, 0.15) is 5.75 Å². The Kier molecular flexibility index (Phi) is 5.39. The monoisotopic (exact) mass is 343 g/mol. The number of ether oxygens (including phenoxy) is 1. The van der Waals surface area contributed by atoms with Gasteiger partial charge in [0.05, 0.1) is 18.2 Å². The van der Waals surface area contributed by atoms with E-state index in [0.717, 1.165) is 21.7 Å². The molecule has 0 spiro atoms. The molecule has 0 aromatic heterocycles. The molecule has 2 nitrogen and oxygen atoms in total. The van der Waals surface area contributed by atoms with Crippen LogP contribution in [0.1, 0.15) is 22.7 Å². The molecule has 2 aromatic carbocycles. The van der Waals surface area contributed by atoms with Crippen LogP contribution in [0, 0.1) is 6.92 Å². The Bertz CT molecular complexity index is 658. The molecule has 0 aliphatic heterocycles. The predicted molar refractivity (Wildman–Crippen MR) is 90.1 cm³/mol. The molecule has 0 amide bonds. The quantitative estimate of drug-likeness (QED) is 0.815. The average molecular weight is 345 g/mol. The highest BCUT2D eigenvalue weighted by Crippen LogP contribution is 2.37. The van der Waals surface area contributed by atoms with E-state index < -0.39 is 0 Å². The zero-order valence-electron chi connectivity index (χ0n) is 12.0. The molecule has 21 heavy (non-hydrogen) atoms. The second kappa shape index (κ2) is 6.89. The van der Waals surface area contributed by atoms with Crippen LogP contribution in [-0.2, 0) is 0 Å². The highest BCUT2D eigenvalue weighted by Gasteiger charge is 2.20. The van der Waals surface area contributed by atoms with Crippen molar-refractivity contribution in [2.75, 3.05) is 14.2 Å². The number of nitrogens with one attached hydrogen (secondary N) is 1. The molecular weight excluding hydrogens is 329 g/mol. The summed E-state index contributed by atoms with van der Waals surface area (Å²) in [5.41, 5.74) is 2.96. The summed E-state index contributed by atoms with van der Waals surface area (Å²) in [6, 6.07) is 9.27. The molecule has 0 aliphatic rings. The lowest BCUT2D eigenvalue weighted by atomic mass is 9.95. The highest BCUT2D eigenvalue weighted by atomic mass is 35.5. The molecule has 0 saturated carbocycles. The summed E-state index contributed by atoms with van der Waals surface area (Å²) in [4.78, 5) is 0. The molecule has 5 heteroatoms. The lowest BCUT2D eigenvalue weighted by molar-refractivity contribution is 0.415. The first-order valence-electron chi connectivity index (χ1n) is 6.44. The third kappa shape index (κ3) is 3.29. The van der Waals surface area contributed by atoms with Gasteiger partial charge >= 0.3 is 0 Å². The minimum atomic E-state index is -0.0976. The molecule has 0 heterocycles. The van der Waals surface area contributed by atoms with E-state index in [1.165, 1.54) is 0 Å². The molecule has 1 atom stereocenters. The number of hydrogen-bond donors (Lipinski definition) is 1. The third-order valence-electron chi connectivity index (χ3n) is 3.49. The summed E-state index contributed by atoms with van der Waals surface area (Å²) >= 11 is 18.8. The largest absolute Gasteiger partial charge is 0.495 e. The average Bonchev–Trinajstić information content (AvgIpc) is 2.47. The van der Waals surface area contributed by atoms with Crippen LogP contribution in [0.3, 0.4) is 0 Å². The SMILES string of the molecule is CNC(c1cc(Cl)c(OC)cc1Cl)c1cccc(Cl)c1C. The van der Waals surface area contributed by atoms with Crippen molar-refractivity contribution in [3.8, 4) is 5.75 Å². The molecule has 0 fully saturated rings. The first kappa shape index (κ1) is 16.4. The van der Waals surface area contributed by atoms with Gasteiger partial charge in [0.25, 0.3) is 0 Å². The standard InChI is InChI=1S/C16H16Cl3NO/c1-9-10(5-4-6-12(9)17)16(20-2)11-7-14(19)15(21-3)8-13(11)18/h4-8,16,20H,1-3H3. The van der Waals surface area contributed by atoms with Crippen molar-refractivity contribution in [1.82, 2.24) is 5.32 Å². The molecule has 0 bridgehead atoms. The zero-order valence-corrected chi connectivity index (χ0v) is 14.3. The Balaban J connectivity index is 2.57. The molecule has 1 unspecified atom stereocenters. The summed E-state index contributed by atoms with van der Waals surface area (Å²) in [6.07, 6.45) is 0. The fraction of sp³-hybridized carbons (Fsp3) is 0.250. The van der Waals surface area contributed by atoms with Crippen molar-refractivity contribution in [1.29, 1.82) is 0 Å². The van der Waals surface area contributed by atoms with Gasteiger partial charge in [-0.25, -0.2) is 0 Å². The van der Waals surface area contributed by atoms with Gasteiger partial charge in [0.15, 0.2) is 0 Å². The van der Waals surface area contributed by atoms with Gasteiger partial charge in [-0.05, 0) is 42.8 Å². The van der Waals surface area contributed by atoms with Gasteiger partial charge in [-0.2, -0.15) is 0 Å². The van der Waals surface area contributed by atoms with Crippen molar-refractivity contribution < 1.29 is 4.74 Å². The topological polar surface area (TPSA) is 21.3 Å². The maximum Gasteiger partial charge on any atom is 0.138 e. The normalized spacial score (nSPS) is 12.3. The summed E-state index contributed by atoms with van der Waals surface area (Å²) in [7, 11) is 3.44. The number of benzene rings is 2. The van der Waals surface area contributed by atoms with Crippen LogP contribution in [0.15, 0.2) is 30.3 Å². The van der Waals surface area contributed by atoms with Crippen molar-refractivity contribution in [2.45, 2.75) is 13.0 Å². The molecule has 2 rings (SSSR count). The van der Waals surface area contributed by atoms with Crippen LogP contribution in [0.2, 0.25) is 15.1 Å². The van der Waals surface area contributed by atoms with E-state index in [1.54, 1.807) is 13.2 Å². The third-order valence-corrected chi connectivity index (χ3v) is 4.52. The van der Waals surface area contributed by atoms with Crippen LogP contribution >= 0.6 is 34.8 Å². The van der Waals surface area contributed by atoms with Crippen molar-refractivity contribution >= 4 is 34.8 Å². The smallest absolute Gasteiger partial charge is 0.138 e. The number of methoxy groups -OCH3 is 1. The van der Waals surface area contributed by atoms with Gasteiger partial charge in [-0.15, -0.1) is 0 Å². The molecule has 2 aromatic rings. The fourth-order valence-corrected chi connectivity index (χ4v) is 3.03. The molecule has 112 valence electrons. The summed E-state index contributed by atoms with van der Waals surface area (Å²) in [5, 5.41) is 5.11. The van der Waals surface area contributed by atoms with Crippen molar-refractivity contribution in [3.05, 3.63) is 62.1 Å². The molecular formula is C16H16Cl3NO. The fourth-order valence-electron chi connectivity index (χ4n) is 2.34. The second-order valence-electron chi connectivity index (χ2n) is 4.68. The predicted octanol–water partition coefficient (Wildman–Crippen LogP) is 5.27. The molecule has 0 aliphatic carbocycles. The molecule has 0 saturated heterocycles. The van der Waals surface area contributed by atoms with E-state index in [4.69, 9.17) is 39.5 Å².